The van der Waals surface area contributed by atoms with E-state index in [-0.39, 0.29) is 35.3 Å². The molecule has 0 aliphatic carbocycles. The van der Waals surface area contributed by atoms with E-state index in [9.17, 15) is 4.79 Å². The Hall–Kier alpha value is -1.16. The molecule has 0 aliphatic heterocycles. The Morgan fingerprint density at radius 3 is 2.32 bits per heavy atom. The number of carbonyl (C=O) groups excluding carboxylic acids is 1. The third kappa shape index (κ3) is 4.78. The van der Waals surface area contributed by atoms with E-state index < -0.39 is 0 Å². The first kappa shape index (κ1) is 15.9. The van der Waals surface area contributed by atoms with Gasteiger partial charge in [0.05, 0.1) is 7.11 Å². The third-order valence-electron chi connectivity index (χ3n) is 2.80. The van der Waals surface area contributed by atoms with Gasteiger partial charge < -0.3 is 4.74 Å². The van der Waals surface area contributed by atoms with Gasteiger partial charge in [-0.15, -0.1) is 0 Å². The maximum atomic E-state index is 12.0. The molecular weight excluding hydrogens is 249 g/mol. The van der Waals surface area contributed by atoms with Crippen molar-refractivity contribution in [3.8, 4) is 5.75 Å². The monoisotopic (exact) mass is 264 g/mol. The maximum absolute atomic E-state index is 12.0. The summed E-state index contributed by atoms with van der Waals surface area (Å²) in [6, 6.07) is 11.1. The summed E-state index contributed by atoms with van der Waals surface area (Å²) in [6.45, 7) is 0. The summed E-state index contributed by atoms with van der Waals surface area (Å²) in [4.78, 5) is 15.9. The molecule has 0 atom stereocenters. The molecule has 0 aliphatic rings. The van der Waals surface area contributed by atoms with Crippen molar-refractivity contribution in [3.63, 3.8) is 0 Å². The fourth-order valence-corrected chi connectivity index (χ4v) is 1.73. The van der Waals surface area contributed by atoms with Crippen LogP contribution < -0.4 is 4.74 Å². The summed E-state index contributed by atoms with van der Waals surface area (Å²) in [5.41, 5.74) is 1.86. The van der Waals surface area contributed by atoms with Gasteiger partial charge in [-0.3, -0.25) is 9.78 Å². The van der Waals surface area contributed by atoms with Crippen molar-refractivity contribution < 1.29 is 9.53 Å². The normalized spacial score (nSPS) is 9.53. The van der Waals surface area contributed by atoms with Crippen LogP contribution in [0.3, 0.4) is 0 Å². The Morgan fingerprint density at radius 2 is 1.74 bits per heavy atom. The number of aryl methyl sites for hydroxylation is 1. The SMILES string of the molecule is COc1ccc(C(=O)CCc2ccncc2)cc1.[Na]. The molecule has 1 radical (unpaired) electrons. The van der Waals surface area contributed by atoms with Crippen LogP contribution in [0.4, 0.5) is 0 Å². The van der Waals surface area contributed by atoms with Crippen molar-refractivity contribution in [2.75, 3.05) is 7.11 Å². The summed E-state index contributed by atoms with van der Waals surface area (Å²) < 4.78 is 5.06. The second-order valence-corrected chi connectivity index (χ2v) is 4.01. The number of carbonyl (C=O) groups is 1. The van der Waals surface area contributed by atoms with Crippen LogP contribution in [0.25, 0.3) is 0 Å². The summed E-state index contributed by atoms with van der Waals surface area (Å²) in [5, 5.41) is 0. The van der Waals surface area contributed by atoms with Crippen molar-refractivity contribution >= 4 is 35.3 Å². The van der Waals surface area contributed by atoms with E-state index in [0.29, 0.717) is 6.42 Å². The molecule has 0 saturated carbocycles. The molecule has 1 aromatic carbocycles. The van der Waals surface area contributed by atoms with Gasteiger partial charge in [-0.05, 0) is 48.4 Å². The number of ketones is 1. The van der Waals surface area contributed by atoms with Crippen LogP contribution in [0.1, 0.15) is 22.3 Å². The Bertz CT molecular complexity index is 511. The van der Waals surface area contributed by atoms with Crippen LogP contribution in [0, 0.1) is 0 Å². The molecule has 0 amide bonds. The van der Waals surface area contributed by atoms with Crippen LogP contribution in [0.5, 0.6) is 5.75 Å². The summed E-state index contributed by atoms with van der Waals surface area (Å²) in [7, 11) is 1.61. The molecule has 4 heteroatoms. The van der Waals surface area contributed by atoms with E-state index in [4.69, 9.17) is 4.74 Å². The van der Waals surface area contributed by atoms with E-state index >= 15 is 0 Å². The van der Waals surface area contributed by atoms with E-state index in [0.717, 1.165) is 23.3 Å². The summed E-state index contributed by atoms with van der Waals surface area (Å²) in [5.74, 6) is 0.912. The zero-order valence-electron chi connectivity index (χ0n) is 11.3. The van der Waals surface area contributed by atoms with Gasteiger partial charge in [0.25, 0.3) is 0 Å². The van der Waals surface area contributed by atoms with Crippen molar-refractivity contribution in [3.05, 3.63) is 59.9 Å². The number of hydrogen-bond donors (Lipinski definition) is 0. The Morgan fingerprint density at radius 1 is 1.11 bits per heavy atom. The second-order valence-electron chi connectivity index (χ2n) is 4.01. The molecule has 93 valence electrons. The third-order valence-corrected chi connectivity index (χ3v) is 2.80. The molecule has 2 rings (SSSR count). The number of methoxy groups -OCH3 is 1. The van der Waals surface area contributed by atoms with E-state index in [1.807, 2.05) is 12.1 Å². The van der Waals surface area contributed by atoms with Gasteiger partial charge in [-0.2, -0.15) is 0 Å². The van der Waals surface area contributed by atoms with Crippen LogP contribution in [-0.4, -0.2) is 47.4 Å². The predicted molar refractivity (Wildman–Crippen MR) is 75.6 cm³/mol. The average Bonchev–Trinajstić information content (AvgIpc) is 2.46. The Balaban J connectivity index is 0.00000180. The fraction of sp³-hybridized carbons (Fsp3) is 0.200. The topological polar surface area (TPSA) is 39.2 Å². The maximum Gasteiger partial charge on any atom is 0.163 e. The van der Waals surface area contributed by atoms with Gasteiger partial charge in [0.2, 0.25) is 0 Å². The number of pyridine rings is 1. The molecule has 2 aromatic rings. The van der Waals surface area contributed by atoms with Crippen LogP contribution in [0.15, 0.2) is 48.8 Å². The molecule has 0 saturated heterocycles. The van der Waals surface area contributed by atoms with Crippen molar-refractivity contribution in [2.24, 2.45) is 0 Å². The number of hydrogen-bond acceptors (Lipinski definition) is 3. The second kappa shape index (κ2) is 8.10. The van der Waals surface area contributed by atoms with Crippen molar-refractivity contribution in [2.45, 2.75) is 12.8 Å². The number of benzene rings is 1. The fourth-order valence-electron chi connectivity index (χ4n) is 1.73. The van der Waals surface area contributed by atoms with Gasteiger partial charge in [0.15, 0.2) is 5.78 Å². The molecule has 1 aromatic heterocycles. The molecule has 1 heterocycles. The standard InChI is InChI=1S/C15H15NO2.Na/c1-18-14-5-3-13(4-6-14)15(17)7-2-12-8-10-16-11-9-12;/h3-6,8-11H,2,7H2,1H3;. The molecule has 19 heavy (non-hydrogen) atoms. The molecular formula is C15H15NNaO2. The molecule has 0 bridgehead atoms. The van der Waals surface area contributed by atoms with E-state index in [1.54, 1.807) is 43.8 Å². The minimum absolute atomic E-state index is 0. The van der Waals surface area contributed by atoms with Gasteiger partial charge in [-0.25, -0.2) is 0 Å². The average molecular weight is 264 g/mol. The smallest absolute Gasteiger partial charge is 0.163 e. The summed E-state index contributed by atoms with van der Waals surface area (Å²) >= 11 is 0. The largest absolute Gasteiger partial charge is 0.497 e. The summed E-state index contributed by atoms with van der Waals surface area (Å²) in [6.07, 6.45) is 4.74. The minimum Gasteiger partial charge on any atom is -0.497 e. The minimum atomic E-state index is 0. The number of ether oxygens (including phenoxy) is 1. The van der Waals surface area contributed by atoms with E-state index in [2.05, 4.69) is 4.98 Å². The molecule has 0 N–H and O–H groups in total. The van der Waals surface area contributed by atoms with Gasteiger partial charge in [0.1, 0.15) is 5.75 Å². The number of nitrogens with zero attached hydrogens (tertiary/aromatic N) is 1. The van der Waals surface area contributed by atoms with Crippen LogP contribution in [-0.2, 0) is 6.42 Å². The number of Topliss-reactive ketones (excluding diaryl/α,β-unsaturated/α-hetero) is 1. The first-order valence-corrected chi connectivity index (χ1v) is 5.86. The number of rotatable bonds is 5. The van der Waals surface area contributed by atoms with Crippen LogP contribution in [0.2, 0.25) is 0 Å². The van der Waals surface area contributed by atoms with Gasteiger partial charge >= 0.3 is 0 Å². The van der Waals surface area contributed by atoms with Gasteiger partial charge in [0, 0.05) is 53.9 Å². The van der Waals surface area contributed by atoms with Crippen molar-refractivity contribution in [1.82, 2.24) is 4.98 Å². The van der Waals surface area contributed by atoms with Crippen LogP contribution >= 0.6 is 0 Å². The first-order chi connectivity index (χ1) is 8.79. The first-order valence-electron chi connectivity index (χ1n) is 5.86. The van der Waals surface area contributed by atoms with Gasteiger partial charge in [-0.1, -0.05) is 0 Å². The molecule has 0 unspecified atom stereocenters. The molecule has 0 fully saturated rings. The molecule has 3 nitrogen and oxygen atoms in total. The predicted octanol–water partition coefficient (Wildman–Crippen LogP) is 2.52. The Kier molecular flexibility index (Phi) is 6.78. The number of aromatic nitrogens is 1. The molecule has 0 spiro atoms. The van der Waals surface area contributed by atoms with E-state index in [1.165, 1.54) is 0 Å². The Labute approximate surface area is 135 Å². The zero-order valence-corrected chi connectivity index (χ0v) is 13.3. The zero-order chi connectivity index (χ0) is 12.8. The quantitative estimate of drug-likeness (QED) is 0.615. The van der Waals surface area contributed by atoms with Crippen molar-refractivity contribution in [1.29, 1.82) is 0 Å².